The quantitative estimate of drug-likeness (QED) is 0.801. The molecule has 1 aromatic rings. The average Bonchev–Trinajstić information content (AvgIpc) is 2.94. The van der Waals surface area contributed by atoms with Crippen molar-refractivity contribution < 1.29 is 24.2 Å². The number of rotatable bonds is 7. The van der Waals surface area contributed by atoms with E-state index in [-0.39, 0.29) is 24.9 Å². The van der Waals surface area contributed by atoms with Crippen LogP contribution in [0, 0.1) is 0 Å². The van der Waals surface area contributed by atoms with Gasteiger partial charge in [0.15, 0.2) is 0 Å². The molecule has 2 rings (SSSR count). The number of carboxylic acid groups (broad SMARTS) is 1. The number of amides is 1. The minimum absolute atomic E-state index is 0.0325. The standard InChI is InChI=1S/C17H23NO5/c1-12(13-3-5-14(22-2)6-4-13)9-15(19)18-17(10-16(20)21)7-8-23-11-17/h3-6,12H,7-11H2,1-2H3,(H,18,19)(H,20,21). The largest absolute Gasteiger partial charge is 0.497 e. The number of nitrogens with one attached hydrogen (secondary N) is 1. The molecule has 6 heteroatoms. The van der Waals surface area contributed by atoms with Crippen LogP contribution in [0.5, 0.6) is 5.75 Å². The van der Waals surface area contributed by atoms with E-state index in [1.165, 1.54) is 0 Å². The van der Waals surface area contributed by atoms with Gasteiger partial charge in [0, 0.05) is 13.0 Å². The van der Waals surface area contributed by atoms with Crippen molar-refractivity contribution in [2.75, 3.05) is 20.3 Å². The highest BCUT2D eigenvalue weighted by molar-refractivity contribution is 5.79. The Morgan fingerprint density at radius 1 is 1.39 bits per heavy atom. The van der Waals surface area contributed by atoms with E-state index in [0.717, 1.165) is 11.3 Å². The first kappa shape index (κ1) is 17.3. The van der Waals surface area contributed by atoms with Gasteiger partial charge >= 0.3 is 5.97 Å². The van der Waals surface area contributed by atoms with Crippen LogP contribution in [0.15, 0.2) is 24.3 Å². The van der Waals surface area contributed by atoms with Crippen molar-refractivity contribution in [1.29, 1.82) is 0 Å². The van der Waals surface area contributed by atoms with Crippen molar-refractivity contribution in [3.05, 3.63) is 29.8 Å². The van der Waals surface area contributed by atoms with E-state index >= 15 is 0 Å². The summed E-state index contributed by atoms with van der Waals surface area (Å²) < 4.78 is 10.4. The number of carbonyl (C=O) groups excluding carboxylic acids is 1. The summed E-state index contributed by atoms with van der Waals surface area (Å²) in [6.07, 6.45) is 0.714. The van der Waals surface area contributed by atoms with E-state index in [1.807, 2.05) is 31.2 Å². The molecule has 126 valence electrons. The Kier molecular flexibility index (Phi) is 5.60. The monoisotopic (exact) mass is 321 g/mol. The molecule has 0 radical (unpaired) electrons. The summed E-state index contributed by atoms with van der Waals surface area (Å²) in [5, 5.41) is 11.9. The molecule has 1 aliphatic rings. The summed E-state index contributed by atoms with van der Waals surface area (Å²) in [5.74, 6) is -0.280. The Labute approximate surface area is 135 Å². The van der Waals surface area contributed by atoms with Gasteiger partial charge in [0.05, 0.1) is 25.7 Å². The topological polar surface area (TPSA) is 84.9 Å². The molecule has 0 spiro atoms. The number of ether oxygens (including phenoxy) is 2. The third-order valence-corrected chi connectivity index (χ3v) is 4.17. The third-order valence-electron chi connectivity index (χ3n) is 4.17. The molecule has 2 N–H and O–H groups in total. The Bertz CT molecular complexity index is 549. The van der Waals surface area contributed by atoms with Gasteiger partial charge in [0.25, 0.3) is 0 Å². The summed E-state index contributed by atoms with van der Waals surface area (Å²) in [4.78, 5) is 23.3. The fourth-order valence-corrected chi connectivity index (χ4v) is 2.85. The zero-order chi connectivity index (χ0) is 16.9. The number of methoxy groups -OCH3 is 1. The smallest absolute Gasteiger partial charge is 0.305 e. The van der Waals surface area contributed by atoms with E-state index < -0.39 is 11.5 Å². The molecule has 1 heterocycles. The third kappa shape index (κ3) is 4.69. The van der Waals surface area contributed by atoms with E-state index in [9.17, 15) is 9.59 Å². The average molecular weight is 321 g/mol. The van der Waals surface area contributed by atoms with E-state index in [4.69, 9.17) is 14.6 Å². The molecule has 2 unspecified atom stereocenters. The van der Waals surface area contributed by atoms with Crippen LogP contribution in [0.1, 0.15) is 37.7 Å². The predicted octanol–water partition coefficient (Wildman–Crippen LogP) is 1.94. The Hall–Kier alpha value is -2.08. The van der Waals surface area contributed by atoms with Gasteiger partial charge < -0.3 is 19.9 Å². The van der Waals surface area contributed by atoms with Gasteiger partial charge in [0.2, 0.25) is 5.91 Å². The first-order chi connectivity index (χ1) is 10.9. The van der Waals surface area contributed by atoms with E-state index in [0.29, 0.717) is 19.4 Å². The molecule has 23 heavy (non-hydrogen) atoms. The normalized spacial score (nSPS) is 21.7. The summed E-state index contributed by atoms with van der Waals surface area (Å²) >= 11 is 0. The van der Waals surface area contributed by atoms with Crippen molar-refractivity contribution in [3.8, 4) is 5.75 Å². The minimum atomic E-state index is -0.931. The second kappa shape index (κ2) is 7.46. The van der Waals surface area contributed by atoms with Crippen LogP contribution in [0.3, 0.4) is 0 Å². The minimum Gasteiger partial charge on any atom is -0.497 e. The molecule has 1 fully saturated rings. The first-order valence-electron chi connectivity index (χ1n) is 7.68. The fourth-order valence-electron chi connectivity index (χ4n) is 2.85. The fraction of sp³-hybridized carbons (Fsp3) is 0.529. The van der Waals surface area contributed by atoms with Crippen molar-refractivity contribution in [1.82, 2.24) is 5.32 Å². The number of carbonyl (C=O) groups is 2. The molecule has 0 saturated carbocycles. The van der Waals surface area contributed by atoms with Crippen LogP contribution in [-0.2, 0) is 14.3 Å². The zero-order valence-corrected chi connectivity index (χ0v) is 13.5. The Balaban J connectivity index is 1.95. The van der Waals surface area contributed by atoms with Crippen molar-refractivity contribution >= 4 is 11.9 Å². The van der Waals surface area contributed by atoms with Gasteiger partial charge in [-0.25, -0.2) is 0 Å². The number of hydrogen-bond acceptors (Lipinski definition) is 4. The maximum Gasteiger partial charge on any atom is 0.305 e. The SMILES string of the molecule is COc1ccc(C(C)CC(=O)NC2(CC(=O)O)CCOC2)cc1. The summed E-state index contributed by atoms with van der Waals surface area (Å²) in [6.45, 7) is 2.69. The van der Waals surface area contributed by atoms with Gasteiger partial charge in [0.1, 0.15) is 5.75 Å². The van der Waals surface area contributed by atoms with E-state index in [2.05, 4.69) is 5.32 Å². The van der Waals surface area contributed by atoms with Gasteiger partial charge in [-0.3, -0.25) is 9.59 Å². The first-order valence-corrected chi connectivity index (χ1v) is 7.68. The lowest BCUT2D eigenvalue weighted by molar-refractivity contribution is -0.139. The highest BCUT2D eigenvalue weighted by atomic mass is 16.5. The lowest BCUT2D eigenvalue weighted by Crippen LogP contribution is -2.50. The molecular weight excluding hydrogens is 298 g/mol. The molecular formula is C17H23NO5. The maximum atomic E-state index is 12.3. The molecule has 1 aliphatic heterocycles. The van der Waals surface area contributed by atoms with Crippen LogP contribution in [-0.4, -0.2) is 42.8 Å². The number of benzene rings is 1. The Morgan fingerprint density at radius 3 is 2.61 bits per heavy atom. The lowest BCUT2D eigenvalue weighted by atomic mass is 9.92. The molecule has 2 atom stereocenters. The predicted molar refractivity (Wildman–Crippen MR) is 84.6 cm³/mol. The second-order valence-corrected chi connectivity index (χ2v) is 6.08. The van der Waals surface area contributed by atoms with Crippen molar-refractivity contribution in [2.24, 2.45) is 0 Å². The van der Waals surface area contributed by atoms with E-state index in [1.54, 1.807) is 7.11 Å². The summed E-state index contributed by atoms with van der Waals surface area (Å²) in [5.41, 5.74) is 0.263. The van der Waals surface area contributed by atoms with Crippen LogP contribution in [0.4, 0.5) is 0 Å². The molecule has 0 aliphatic carbocycles. The molecule has 1 amide bonds. The highest BCUT2D eigenvalue weighted by Crippen LogP contribution is 2.25. The summed E-state index contributed by atoms with van der Waals surface area (Å²) in [6, 6.07) is 7.59. The highest BCUT2D eigenvalue weighted by Gasteiger charge is 2.38. The number of hydrogen-bond donors (Lipinski definition) is 2. The second-order valence-electron chi connectivity index (χ2n) is 6.08. The molecule has 0 bridgehead atoms. The molecule has 1 saturated heterocycles. The molecule has 1 aromatic carbocycles. The van der Waals surface area contributed by atoms with Gasteiger partial charge in [-0.15, -0.1) is 0 Å². The van der Waals surface area contributed by atoms with Gasteiger partial charge in [-0.1, -0.05) is 19.1 Å². The van der Waals surface area contributed by atoms with Crippen LogP contribution in [0.25, 0.3) is 0 Å². The van der Waals surface area contributed by atoms with Gasteiger partial charge in [-0.2, -0.15) is 0 Å². The Morgan fingerprint density at radius 2 is 2.09 bits per heavy atom. The molecule has 6 nitrogen and oxygen atoms in total. The lowest BCUT2D eigenvalue weighted by Gasteiger charge is -2.27. The zero-order valence-electron chi connectivity index (χ0n) is 13.5. The summed E-state index contributed by atoms with van der Waals surface area (Å²) in [7, 11) is 1.61. The van der Waals surface area contributed by atoms with Crippen LogP contribution < -0.4 is 10.1 Å². The number of carboxylic acids is 1. The van der Waals surface area contributed by atoms with Crippen LogP contribution >= 0.6 is 0 Å². The maximum absolute atomic E-state index is 12.3. The van der Waals surface area contributed by atoms with Crippen LogP contribution in [0.2, 0.25) is 0 Å². The molecule has 0 aromatic heterocycles. The van der Waals surface area contributed by atoms with Crippen molar-refractivity contribution in [2.45, 2.75) is 37.6 Å². The number of aliphatic carboxylic acids is 1. The van der Waals surface area contributed by atoms with Gasteiger partial charge in [-0.05, 0) is 30.0 Å². The van der Waals surface area contributed by atoms with Crippen molar-refractivity contribution in [3.63, 3.8) is 0 Å².